The maximum absolute atomic E-state index is 12.0. The molecule has 2 aromatic carbocycles. The van der Waals surface area contributed by atoms with Crippen LogP contribution in [0, 0.1) is 0 Å². The molecule has 2 aromatic rings. The molecule has 1 amide bonds. The second kappa shape index (κ2) is 9.96. The summed E-state index contributed by atoms with van der Waals surface area (Å²) in [6, 6.07) is 13.4. The molecule has 0 aliphatic rings. The van der Waals surface area contributed by atoms with Crippen molar-refractivity contribution in [2.45, 2.75) is 12.8 Å². The van der Waals surface area contributed by atoms with Crippen LogP contribution in [0.25, 0.3) is 0 Å². The van der Waals surface area contributed by atoms with Crippen molar-refractivity contribution in [3.05, 3.63) is 54.1 Å². The number of carbonyl (C=O) groups excluding carboxylic acids is 3. The van der Waals surface area contributed by atoms with E-state index in [1.165, 1.54) is 14.2 Å². The van der Waals surface area contributed by atoms with Gasteiger partial charge in [-0.2, -0.15) is 0 Å². The molecule has 0 radical (unpaired) electrons. The van der Waals surface area contributed by atoms with E-state index >= 15 is 0 Å². The van der Waals surface area contributed by atoms with E-state index in [2.05, 4.69) is 5.32 Å². The van der Waals surface area contributed by atoms with Gasteiger partial charge in [-0.15, -0.1) is 0 Å². The highest BCUT2D eigenvalue weighted by Gasteiger charge is 2.13. The Hall–Kier alpha value is -3.35. The van der Waals surface area contributed by atoms with Crippen LogP contribution in [0.2, 0.25) is 0 Å². The van der Waals surface area contributed by atoms with Crippen LogP contribution < -0.4 is 14.8 Å². The second-order valence-corrected chi connectivity index (χ2v) is 5.56. The third-order valence-electron chi connectivity index (χ3n) is 3.71. The number of esters is 1. The molecular weight excluding hydrogens is 350 g/mol. The van der Waals surface area contributed by atoms with Gasteiger partial charge in [-0.3, -0.25) is 14.4 Å². The minimum absolute atomic E-state index is 0.0619. The number of para-hydroxylation sites is 2. The van der Waals surface area contributed by atoms with Gasteiger partial charge in [0.05, 0.1) is 26.3 Å². The van der Waals surface area contributed by atoms with Gasteiger partial charge in [0.15, 0.2) is 12.4 Å². The van der Waals surface area contributed by atoms with E-state index in [1.807, 2.05) is 0 Å². The molecule has 142 valence electrons. The number of rotatable bonds is 9. The van der Waals surface area contributed by atoms with Crippen LogP contribution in [-0.2, 0) is 14.3 Å². The predicted molar refractivity (Wildman–Crippen MR) is 99.1 cm³/mol. The molecule has 1 N–H and O–H groups in total. The van der Waals surface area contributed by atoms with Gasteiger partial charge in [-0.05, 0) is 36.4 Å². The van der Waals surface area contributed by atoms with Crippen molar-refractivity contribution in [3.8, 4) is 11.5 Å². The molecule has 7 heteroatoms. The van der Waals surface area contributed by atoms with Gasteiger partial charge < -0.3 is 19.5 Å². The van der Waals surface area contributed by atoms with E-state index in [-0.39, 0.29) is 31.1 Å². The number of carbonyl (C=O) groups is 3. The molecule has 7 nitrogen and oxygen atoms in total. The third kappa shape index (κ3) is 6.14. The zero-order valence-corrected chi connectivity index (χ0v) is 15.2. The molecule has 0 aromatic heterocycles. The summed E-state index contributed by atoms with van der Waals surface area (Å²) < 4.78 is 15.1. The van der Waals surface area contributed by atoms with Gasteiger partial charge in [0.1, 0.15) is 11.5 Å². The van der Waals surface area contributed by atoms with Crippen LogP contribution in [-0.4, -0.2) is 38.5 Å². The van der Waals surface area contributed by atoms with Crippen molar-refractivity contribution in [1.29, 1.82) is 0 Å². The third-order valence-corrected chi connectivity index (χ3v) is 3.71. The second-order valence-electron chi connectivity index (χ2n) is 5.56. The first-order valence-electron chi connectivity index (χ1n) is 8.29. The van der Waals surface area contributed by atoms with E-state index in [1.54, 1.807) is 48.5 Å². The fraction of sp³-hybridized carbons (Fsp3) is 0.250. The van der Waals surface area contributed by atoms with Crippen LogP contribution in [0.3, 0.4) is 0 Å². The number of benzene rings is 2. The smallest absolute Gasteiger partial charge is 0.306 e. The van der Waals surface area contributed by atoms with Gasteiger partial charge >= 0.3 is 5.97 Å². The maximum atomic E-state index is 12.0. The van der Waals surface area contributed by atoms with Gasteiger partial charge in [0.25, 0.3) is 0 Å². The number of Topliss-reactive ketones (excluding diaryl/α,β-unsaturated/α-hetero) is 1. The Morgan fingerprint density at radius 3 is 2.26 bits per heavy atom. The highest BCUT2D eigenvalue weighted by molar-refractivity contribution is 5.98. The summed E-state index contributed by atoms with van der Waals surface area (Å²) in [5.41, 5.74) is 0.936. The van der Waals surface area contributed by atoms with Crippen molar-refractivity contribution in [3.63, 3.8) is 0 Å². The molecule has 0 aliphatic heterocycles. The zero-order valence-electron chi connectivity index (χ0n) is 15.2. The highest BCUT2D eigenvalue weighted by Crippen LogP contribution is 2.23. The van der Waals surface area contributed by atoms with E-state index < -0.39 is 5.97 Å². The molecule has 27 heavy (non-hydrogen) atoms. The van der Waals surface area contributed by atoms with Crippen LogP contribution in [0.15, 0.2) is 48.5 Å². The van der Waals surface area contributed by atoms with Gasteiger partial charge in [0, 0.05) is 12.0 Å². The lowest BCUT2D eigenvalue weighted by Crippen LogP contribution is -2.17. The number of nitrogens with one attached hydrogen (secondary N) is 1. The van der Waals surface area contributed by atoms with Crippen molar-refractivity contribution in [2.75, 3.05) is 26.1 Å². The Bertz CT molecular complexity index is 800. The Morgan fingerprint density at radius 2 is 1.59 bits per heavy atom. The molecule has 2 rings (SSSR count). The summed E-state index contributed by atoms with van der Waals surface area (Å²) in [5, 5.41) is 2.67. The summed E-state index contributed by atoms with van der Waals surface area (Å²) in [5.74, 6) is -0.141. The minimum atomic E-state index is -0.618. The largest absolute Gasteiger partial charge is 0.497 e. The van der Waals surface area contributed by atoms with E-state index in [9.17, 15) is 14.4 Å². The summed E-state index contributed by atoms with van der Waals surface area (Å²) in [4.78, 5) is 35.7. The highest BCUT2D eigenvalue weighted by atomic mass is 16.5. The SMILES string of the molecule is COc1ccc(C(=O)COC(=O)CCC(=O)Nc2ccccc2OC)cc1. The summed E-state index contributed by atoms with van der Waals surface area (Å²) in [6.07, 6.45) is -0.190. The lowest BCUT2D eigenvalue weighted by Gasteiger charge is -2.09. The molecule has 0 bridgehead atoms. The lowest BCUT2D eigenvalue weighted by atomic mass is 10.1. The molecule has 0 saturated heterocycles. The first-order chi connectivity index (χ1) is 13.0. The van der Waals surface area contributed by atoms with Crippen LogP contribution >= 0.6 is 0 Å². The van der Waals surface area contributed by atoms with Crippen LogP contribution in [0.4, 0.5) is 5.69 Å². The maximum Gasteiger partial charge on any atom is 0.306 e. The van der Waals surface area contributed by atoms with E-state index in [4.69, 9.17) is 14.2 Å². The van der Waals surface area contributed by atoms with Gasteiger partial charge in [0.2, 0.25) is 5.91 Å². The average Bonchev–Trinajstić information content (AvgIpc) is 2.71. The number of hydrogen-bond acceptors (Lipinski definition) is 6. The van der Waals surface area contributed by atoms with Crippen LogP contribution in [0.1, 0.15) is 23.2 Å². The number of hydrogen-bond donors (Lipinski definition) is 1. The Kier molecular flexibility index (Phi) is 7.37. The average molecular weight is 371 g/mol. The Labute approximate surface area is 157 Å². The molecule has 0 saturated carbocycles. The molecule has 0 heterocycles. The van der Waals surface area contributed by atoms with Crippen molar-refractivity contribution >= 4 is 23.3 Å². The van der Waals surface area contributed by atoms with Crippen molar-refractivity contribution in [2.24, 2.45) is 0 Å². The number of ketones is 1. The minimum Gasteiger partial charge on any atom is -0.497 e. The molecule has 0 fully saturated rings. The van der Waals surface area contributed by atoms with Gasteiger partial charge in [-0.25, -0.2) is 0 Å². The van der Waals surface area contributed by atoms with E-state index in [0.717, 1.165) is 0 Å². The molecule has 0 atom stereocenters. The zero-order chi connectivity index (χ0) is 19.6. The molecular formula is C20H21NO6. The molecule has 0 unspecified atom stereocenters. The van der Waals surface area contributed by atoms with Gasteiger partial charge in [-0.1, -0.05) is 12.1 Å². The molecule has 0 spiro atoms. The Balaban J connectivity index is 1.75. The van der Waals surface area contributed by atoms with Crippen LogP contribution in [0.5, 0.6) is 11.5 Å². The Morgan fingerprint density at radius 1 is 0.889 bits per heavy atom. The first-order valence-corrected chi connectivity index (χ1v) is 8.29. The topological polar surface area (TPSA) is 90.9 Å². The van der Waals surface area contributed by atoms with Crippen molar-refractivity contribution < 1.29 is 28.6 Å². The normalized spacial score (nSPS) is 10.0. The first kappa shape index (κ1) is 20.0. The summed E-state index contributed by atoms with van der Waals surface area (Å²) >= 11 is 0. The fourth-order valence-electron chi connectivity index (χ4n) is 2.25. The standard InChI is InChI=1S/C20H21NO6/c1-25-15-9-7-14(8-10-15)17(22)13-27-20(24)12-11-19(23)21-16-5-3-4-6-18(16)26-2/h3-10H,11-13H2,1-2H3,(H,21,23). The number of amides is 1. The van der Waals surface area contributed by atoms with Crippen molar-refractivity contribution in [1.82, 2.24) is 0 Å². The van der Waals surface area contributed by atoms with E-state index in [0.29, 0.717) is 22.7 Å². The fourth-order valence-corrected chi connectivity index (χ4v) is 2.25. The number of ether oxygens (including phenoxy) is 3. The quantitative estimate of drug-likeness (QED) is 0.538. The predicted octanol–water partition coefficient (Wildman–Crippen LogP) is 2.85. The summed E-state index contributed by atoms with van der Waals surface area (Å²) in [7, 11) is 3.03. The molecule has 0 aliphatic carbocycles. The monoisotopic (exact) mass is 371 g/mol. The number of anilines is 1. The lowest BCUT2D eigenvalue weighted by molar-refractivity contribution is -0.143. The summed E-state index contributed by atoms with van der Waals surface area (Å²) in [6.45, 7) is -0.376. The number of methoxy groups -OCH3 is 2.